The fourth-order valence-corrected chi connectivity index (χ4v) is 3.64. The lowest BCUT2D eigenvalue weighted by atomic mass is 10.1. The quantitative estimate of drug-likeness (QED) is 0.752. The first-order valence-corrected chi connectivity index (χ1v) is 9.92. The second kappa shape index (κ2) is 8.56. The van der Waals surface area contributed by atoms with Gasteiger partial charge in [0, 0.05) is 25.7 Å². The summed E-state index contributed by atoms with van der Waals surface area (Å²) in [6.07, 6.45) is 2.33. The third-order valence-electron chi connectivity index (χ3n) is 5.19. The lowest BCUT2D eigenvalue weighted by Crippen LogP contribution is -2.54. The van der Waals surface area contributed by atoms with Crippen molar-refractivity contribution in [3.8, 4) is 5.75 Å². The number of nitrogens with zero attached hydrogens (tertiary/aromatic N) is 4. The molecule has 1 aliphatic heterocycles. The van der Waals surface area contributed by atoms with Crippen molar-refractivity contribution >= 4 is 35.0 Å². The first kappa shape index (κ1) is 21.4. The van der Waals surface area contributed by atoms with Crippen LogP contribution in [0.5, 0.6) is 5.75 Å². The van der Waals surface area contributed by atoms with E-state index in [0.29, 0.717) is 40.9 Å². The van der Waals surface area contributed by atoms with Crippen LogP contribution in [0.2, 0.25) is 0 Å². The van der Waals surface area contributed by atoms with Gasteiger partial charge in [0.2, 0.25) is 11.9 Å². The molecule has 2 amide bonds. The molecule has 2 heterocycles. The minimum atomic E-state index is -0.272. The number of hydrogen-bond donors (Lipinski definition) is 2. The van der Waals surface area contributed by atoms with E-state index in [2.05, 4.69) is 15.6 Å². The van der Waals surface area contributed by atoms with Crippen molar-refractivity contribution in [1.82, 2.24) is 15.3 Å². The Kier molecular flexibility index (Phi) is 6.09. The highest BCUT2D eigenvalue weighted by molar-refractivity contribution is 6.04. The first-order valence-electron chi connectivity index (χ1n) is 9.92. The normalized spacial score (nSPS) is 15.8. The molecule has 1 atom stereocenters. The van der Waals surface area contributed by atoms with E-state index in [1.54, 1.807) is 43.4 Å². The van der Waals surface area contributed by atoms with Gasteiger partial charge < -0.3 is 25.2 Å². The highest BCUT2D eigenvalue weighted by atomic mass is 16.5. The number of carbonyl (C=O) groups excluding carboxylic acids is 2. The predicted molar refractivity (Wildman–Crippen MR) is 117 cm³/mol. The van der Waals surface area contributed by atoms with Gasteiger partial charge in [-0.15, -0.1) is 0 Å². The number of anilines is 4. The maximum absolute atomic E-state index is 12.8. The molecule has 160 valence electrons. The largest absolute Gasteiger partial charge is 0.495 e. The number of benzene rings is 1. The molecule has 0 aliphatic carbocycles. The van der Waals surface area contributed by atoms with Crippen molar-refractivity contribution in [3.63, 3.8) is 0 Å². The minimum Gasteiger partial charge on any atom is -0.495 e. The van der Waals surface area contributed by atoms with Crippen LogP contribution in [0.3, 0.4) is 0 Å². The molecule has 0 saturated carbocycles. The molecule has 1 unspecified atom stereocenters. The van der Waals surface area contributed by atoms with E-state index in [-0.39, 0.29) is 23.9 Å². The summed E-state index contributed by atoms with van der Waals surface area (Å²) < 4.78 is 5.43. The number of carbonyl (C=O) groups is 2. The third-order valence-corrected chi connectivity index (χ3v) is 5.19. The van der Waals surface area contributed by atoms with Gasteiger partial charge in [-0.1, -0.05) is 6.92 Å². The van der Waals surface area contributed by atoms with Crippen molar-refractivity contribution in [3.05, 3.63) is 30.0 Å². The molecule has 3 rings (SSSR count). The number of methoxy groups -OCH3 is 1. The average Bonchev–Trinajstić information content (AvgIpc) is 2.75. The van der Waals surface area contributed by atoms with Crippen molar-refractivity contribution in [2.24, 2.45) is 0 Å². The molecule has 30 heavy (non-hydrogen) atoms. The van der Waals surface area contributed by atoms with E-state index < -0.39 is 0 Å². The van der Waals surface area contributed by atoms with Crippen LogP contribution in [0.15, 0.2) is 24.4 Å². The van der Waals surface area contributed by atoms with E-state index in [1.165, 1.54) is 7.11 Å². The van der Waals surface area contributed by atoms with Gasteiger partial charge in [-0.3, -0.25) is 9.59 Å². The Balaban J connectivity index is 2.00. The molecule has 0 radical (unpaired) electrons. The van der Waals surface area contributed by atoms with Crippen LogP contribution in [0, 0.1) is 0 Å². The van der Waals surface area contributed by atoms with Gasteiger partial charge >= 0.3 is 0 Å². The van der Waals surface area contributed by atoms with Crippen LogP contribution in [0.4, 0.5) is 23.1 Å². The second-order valence-electron chi connectivity index (χ2n) is 7.34. The number of aromatic nitrogens is 2. The van der Waals surface area contributed by atoms with E-state index >= 15 is 0 Å². The molecule has 9 heteroatoms. The fourth-order valence-electron chi connectivity index (χ4n) is 3.64. The third kappa shape index (κ3) is 3.74. The van der Waals surface area contributed by atoms with Crippen LogP contribution in [0.1, 0.15) is 37.6 Å². The molecule has 1 aromatic carbocycles. The Morgan fingerprint density at radius 1 is 1.33 bits per heavy atom. The molecule has 1 aromatic heterocycles. The van der Waals surface area contributed by atoms with Crippen molar-refractivity contribution < 1.29 is 14.3 Å². The summed E-state index contributed by atoms with van der Waals surface area (Å²) in [7, 11) is 4.86. The number of likely N-dealkylation sites (N-methyl/N-ethyl adjacent to an activating group) is 1. The Morgan fingerprint density at radius 3 is 2.67 bits per heavy atom. The molecule has 0 spiro atoms. The first-order chi connectivity index (χ1) is 14.3. The monoisotopic (exact) mass is 412 g/mol. The van der Waals surface area contributed by atoms with Gasteiger partial charge in [-0.25, -0.2) is 4.98 Å². The summed E-state index contributed by atoms with van der Waals surface area (Å²) >= 11 is 0. The number of hydrogen-bond acceptors (Lipinski definition) is 7. The van der Waals surface area contributed by atoms with E-state index in [0.717, 1.165) is 0 Å². The molecule has 2 N–H and O–H groups in total. The lowest BCUT2D eigenvalue weighted by Gasteiger charge is -2.42. The summed E-state index contributed by atoms with van der Waals surface area (Å²) in [5, 5.41) is 5.76. The smallest absolute Gasteiger partial charge is 0.251 e. The summed E-state index contributed by atoms with van der Waals surface area (Å²) in [6.45, 7) is 6.08. The van der Waals surface area contributed by atoms with E-state index in [1.807, 2.05) is 25.7 Å². The molecular weight excluding hydrogens is 384 g/mol. The average molecular weight is 412 g/mol. The lowest BCUT2D eigenvalue weighted by molar-refractivity contribution is -0.120. The minimum absolute atomic E-state index is 0.0365. The second-order valence-corrected chi connectivity index (χ2v) is 7.34. The zero-order chi connectivity index (χ0) is 22.0. The van der Waals surface area contributed by atoms with Crippen LogP contribution in [-0.4, -0.2) is 55.1 Å². The summed E-state index contributed by atoms with van der Waals surface area (Å²) in [5.41, 5.74) is 1.79. The number of rotatable bonds is 6. The number of ether oxygens (including phenoxy) is 1. The number of amides is 2. The molecule has 0 fully saturated rings. The van der Waals surface area contributed by atoms with E-state index in [9.17, 15) is 9.59 Å². The number of nitrogens with one attached hydrogen (secondary N) is 2. The Bertz CT molecular complexity index is 962. The highest BCUT2D eigenvalue weighted by Crippen LogP contribution is 2.37. The zero-order valence-corrected chi connectivity index (χ0v) is 18.2. The predicted octanol–water partition coefficient (Wildman–Crippen LogP) is 2.56. The highest BCUT2D eigenvalue weighted by Gasteiger charge is 2.38. The summed E-state index contributed by atoms with van der Waals surface area (Å²) in [6, 6.07) is 4.92. The van der Waals surface area contributed by atoms with Crippen LogP contribution >= 0.6 is 0 Å². The Hall–Kier alpha value is -3.36. The summed E-state index contributed by atoms with van der Waals surface area (Å²) in [5.74, 6) is 1.42. The maximum Gasteiger partial charge on any atom is 0.251 e. The van der Waals surface area contributed by atoms with Gasteiger partial charge in [-0.05, 0) is 38.5 Å². The molecule has 0 bridgehead atoms. The SMILES string of the molecule is CCC1C(=O)N(C)c2cnc(Nc3ccc(C(=O)NC)cc3OC)nc2N1C(C)C. The van der Waals surface area contributed by atoms with Crippen LogP contribution in [0.25, 0.3) is 0 Å². The van der Waals surface area contributed by atoms with Crippen LogP contribution < -0.4 is 25.2 Å². The van der Waals surface area contributed by atoms with Crippen molar-refractivity contribution in [2.45, 2.75) is 39.3 Å². The molecule has 9 nitrogen and oxygen atoms in total. The van der Waals surface area contributed by atoms with Gasteiger partial charge in [0.1, 0.15) is 17.5 Å². The van der Waals surface area contributed by atoms with E-state index in [4.69, 9.17) is 9.72 Å². The number of fused-ring (bicyclic) bond motifs is 1. The van der Waals surface area contributed by atoms with Gasteiger partial charge in [0.05, 0.1) is 19.0 Å². The fraction of sp³-hybridized carbons (Fsp3) is 0.429. The molecule has 1 aliphatic rings. The van der Waals surface area contributed by atoms with Gasteiger partial charge in [0.15, 0.2) is 5.82 Å². The van der Waals surface area contributed by atoms with Crippen molar-refractivity contribution in [2.75, 3.05) is 36.3 Å². The standard InChI is InChI=1S/C21H28N6O3/c1-7-15-20(29)26(5)16-11-23-21(25-18(16)27(15)12(2)3)24-14-9-8-13(19(28)22-4)10-17(14)30-6/h8-12,15H,7H2,1-6H3,(H,22,28)(H,23,24,25). The Labute approximate surface area is 176 Å². The molecule has 2 aromatic rings. The van der Waals surface area contributed by atoms with Crippen molar-refractivity contribution in [1.29, 1.82) is 0 Å². The Morgan fingerprint density at radius 2 is 2.07 bits per heavy atom. The zero-order valence-electron chi connectivity index (χ0n) is 18.2. The molecule has 0 saturated heterocycles. The van der Waals surface area contributed by atoms with Crippen LogP contribution in [-0.2, 0) is 4.79 Å². The van der Waals surface area contributed by atoms with Gasteiger partial charge in [-0.2, -0.15) is 4.98 Å². The topological polar surface area (TPSA) is 99.7 Å². The van der Waals surface area contributed by atoms with Gasteiger partial charge in [0.25, 0.3) is 5.91 Å². The maximum atomic E-state index is 12.8. The molecular formula is C21H28N6O3. The summed E-state index contributed by atoms with van der Waals surface area (Å²) in [4.78, 5) is 37.4.